The van der Waals surface area contributed by atoms with Gasteiger partial charge in [0, 0.05) is 28.5 Å². The fraction of sp³-hybridized carbons (Fsp3) is 0.273. The molecule has 0 bridgehead atoms. The van der Waals surface area contributed by atoms with Crippen LogP contribution in [0, 0.1) is 0 Å². The molecule has 0 spiro atoms. The first-order chi connectivity index (χ1) is 12.7. The lowest BCUT2D eigenvalue weighted by Gasteiger charge is -2.21. The normalized spacial score (nSPS) is 15.0. The van der Waals surface area contributed by atoms with E-state index in [0.717, 1.165) is 58.1 Å². The quantitative estimate of drug-likeness (QED) is 0.546. The molecule has 2 heterocycles. The number of pyridine rings is 1. The van der Waals surface area contributed by atoms with Crippen molar-refractivity contribution in [3.05, 3.63) is 64.6 Å². The van der Waals surface area contributed by atoms with E-state index in [1.54, 1.807) is 0 Å². The molecule has 1 amide bonds. The molecule has 26 heavy (non-hydrogen) atoms. The van der Waals surface area contributed by atoms with E-state index in [-0.39, 0.29) is 5.91 Å². The van der Waals surface area contributed by atoms with Crippen LogP contribution < -0.4 is 0 Å². The summed E-state index contributed by atoms with van der Waals surface area (Å²) in [5.41, 5.74) is 3.47. The molecule has 0 saturated carbocycles. The highest BCUT2D eigenvalue weighted by molar-refractivity contribution is 9.10. The first kappa shape index (κ1) is 17.2. The summed E-state index contributed by atoms with van der Waals surface area (Å²) in [5.74, 6) is 0.127. The topological polar surface area (TPSA) is 33.2 Å². The Morgan fingerprint density at radius 1 is 0.923 bits per heavy atom. The van der Waals surface area contributed by atoms with Crippen LogP contribution in [0.3, 0.4) is 0 Å². The van der Waals surface area contributed by atoms with Crippen LogP contribution in [0.4, 0.5) is 0 Å². The Hall–Kier alpha value is -2.20. The number of para-hydroxylation sites is 1. The van der Waals surface area contributed by atoms with Gasteiger partial charge in [0.2, 0.25) is 0 Å². The number of amides is 1. The van der Waals surface area contributed by atoms with E-state index in [1.165, 1.54) is 12.8 Å². The largest absolute Gasteiger partial charge is 0.339 e. The lowest BCUT2D eigenvalue weighted by molar-refractivity contribution is 0.0763. The monoisotopic (exact) mass is 408 g/mol. The molecule has 0 N–H and O–H groups in total. The van der Waals surface area contributed by atoms with Crippen molar-refractivity contribution in [1.82, 2.24) is 9.88 Å². The highest BCUT2D eigenvalue weighted by atomic mass is 79.9. The number of hydrogen-bond donors (Lipinski definition) is 0. The van der Waals surface area contributed by atoms with Crippen LogP contribution in [0.1, 0.15) is 36.0 Å². The molecule has 1 aliphatic rings. The minimum absolute atomic E-state index is 0.127. The van der Waals surface area contributed by atoms with Crippen molar-refractivity contribution >= 4 is 32.7 Å². The molecule has 1 fully saturated rings. The molecule has 0 radical (unpaired) electrons. The average molecular weight is 409 g/mol. The minimum Gasteiger partial charge on any atom is -0.339 e. The number of nitrogens with zero attached hydrogens (tertiary/aromatic N) is 2. The van der Waals surface area contributed by atoms with Gasteiger partial charge >= 0.3 is 0 Å². The molecule has 0 atom stereocenters. The van der Waals surface area contributed by atoms with Gasteiger partial charge in [-0.05, 0) is 37.1 Å². The molecule has 1 aromatic heterocycles. The zero-order valence-electron chi connectivity index (χ0n) is 14.6. The lowest BCUT2D eigenvalue weighted by atomic mass is 10.0. The van der Waals surface area contributed by atoms with Gasteiger partial charge in [-0.3, -0.25) is 4.79 Å². The van der Waals surface area contributed by atoms with Crippen molar-refractivity contribution in [3.63, 3.8) is 0 Å². The Labute approximate surface area is 162 Å². The first-order valence-corrected chi connectivity index (χ1v) is 9.97. The third-order valence-electron chi connectivity index (χ3n) is 4.96. The maximum absolute atomic E-state index is 13.3. The van der Waals surface area contributed by atoms with Gasteiger partial charge in [0.05, 0.1) is 16.8 Å². The summed E-state index contributed by atoms with van der Waals surface area (Å²) in [6.07, 6.45) is 4.61. The molecular weight excluding hydrogens is 388 g/mol. The SMILES string of the molecule is O=C(c1cc(-c2cccc(Br)c2)nc2ccccc12)N1CCCCCC1. The molecular formula is C22H21BrN2O. The predicted octanol–water partition coefficient (Wildman–Crippen LogP) is 5.68. The third-order valence-corrected chi connectivity index (χ3v) is 5.45. The van der Waals surface area contributed by atoms with Crippen LogP contribution in [0.5, 0.6) is 0 Å². The van der Waals surface area contributed by atoms with Gasteiger partial charge < -0.3 is 4.90 Å². The van der Waals surface area contributed by atoms with Gasteiger partial charge in [0.1, 0.15) is 0 Å². The van der Waals surface area contributed by atoms with Crippen molar-refractivity contribution in [1.29, 1.82) is 0 Å². The Morgan fingerprint density at radius 3 is 2.46 bits per heavy atom. The summed E-state index contributed by atoms with van der Waals surface area (Å²) in [4.78, 5) is 20.1. The van der Waals surface area contributed by atoms with Gasteiger partial charge in [-0.15, -0.1) is 0 Å². The molecule has 0 aliphatic carbocycles. The number of hydrogen-bond acceptors (Lipinski definition) is 2. The second-order valence-electron chi connectivity index (χ2n) is 6.79. The maximum Gasteiger partial charge on any atom is 0.254 e. The maximum atomic E-state index is 13.3. The average Bonchev–Trinajstić information content (AvgIpc) is 2.96. The van der Waals surface area contributed by atoms with Crippen molar-refractivity contribution in [2.24, 2.45) is 0 Å². The summed E-state index contributed by atoms with van der Waals surface area (Å²) in [7, 11) is 0. The Morgan fingerprint density at radius 2 is 1.69 bits per heavy atom. The zero-order chi connectivity index (χ0) is 17.9. The van der Waals surface area contributed by atoms with Crippen molar-refractivity contribution in [2.75, 3.05) is 13.1 Å². The highest BCUT2D eigenvalue weighted by Gasteiger charge is 2.20. The molecule has 3 aromatic rings. The second kappa shape index (κ2) is 7.58. The van der Waals surface area contributed by atoms with Crippen molar-refractivity contribution in [2.45, 2.75) is 25.7 Å². The summed E-state index contributed by atoms with van der Waals surface area (Å²) in [6.45, 7) is 1.70. The Balaban J connectivity index is 1.83. The standard InChI is InChI=1S/C22H21BrN2O/c23-17-9-7-8-16(14-17)21-15-19(18-10-3-4-11-20(18)24-21)22(26)25-12-5-1-2-6-13-25/h3-4,7-11,14-15H,1-2,5-6,12-13H2. The van der Waals surface area contributed by atoms with E-state index in [1.807, 2.05) is 59.5 Å². The molecule has 1 saturated heterocycles. The molecule has 3 nitrogen and oxygen atoms in total. The van der Waals surface area contributed by atoms with E-state index in [2.05, 4.69) is 15.9 Å². The number of carbonyl (C=O) groups excluding carboxylic acids is 1. The fourth-order valence-electron chi connectivity index (χ4n) is 3.59. The van der Waals surface area contributed by atoms with E-state index >= 15 is 0 Å². The van der Waals surface area contributed by atoms with Crippen LogP contribution in [-0.4, -0.2) is 28.9 Å². The molecule has 132 valence electrons. The number of rotatable bonds is 2. The van der Waals surface area contributed by atoms with Gasteiger partial charge in [-0.1, -0.05) is 59.1 Å². The van der Waals surface area contributed by atoms with Gasteiger partial charge in [-0.25, -0.2) is 4.98 Å². The van der Waals surface area contributed by atoms with Crippen LogP contribution in [0.15, 0.2) is 59.1 Å². The molecule has 4 heteroatoms. The highest BCUT2D eigenvalue weighted by Crippen LogP contribution is 2.28. The number of halogens is 1. The Bertz CT molecular complexity index is 946. The van der Waals surface area contributed by atoms with Gasteiger partial charge in [-0.2, -0.15) is 0 Å². The van der Waals surface area contributed by atoms with E-state index in [9.17, 15) is 4.79 Å². The summed E-state index contributed by atoms with van der Waals surface area (Å²) < 4.78 is 1.00. The van der Waals surface area contributed by atoms with Crippen LogP contribution in [0.25, 0.3) is 22.2 Å². The van der Waals surface area contributed by atoms with E-state index in [0.29, 0.717) is 0 Å². The number of likely N-dealkylation sites (tertiary alicyclic amines) is 1. The minimum atomic E-state index is 0.127. The third kappa shape index (κ3) is 3.51. The Kier molecular flexibility index (Phi) is 5.02. The predicted molar refractivity (Wildman–Crippen MR) is 109 cm³/mol. The van der Waals surface area contributed by atoms with Crippen molar-refractivity contribution in [3.8, 4) is 11.3 Å². The number of carbonyl (C=O) groups is 1. The lowest BCUT2D eigenvalue weighted by Crippen LogP contribution is -2.32. The summed E-state index contributed by atoms with van der Waals surface area (Å²) in [6, 6.07) is 17.9. The van der Waals surface area contributed by atoms with Crippen LogP contribution in [-0.2, 0) is 0 Å². The second-order valence-corrected chi connectivity index (χ2v) is 7.70. The van der Waals surface area contributed by atoms with Crippen molar-refractivity contribution < 1.29 is 4.79 Å². The van der Waals surface area contributed by atoms with Crippen LogP contribution >= 0.6 is 15.9 Å². The summed E-state index contributed by atoms with van der Waals surface area (Å²) in [5, 5.41) is 0.931. The summed E-state index contributed by atoms with van der Waals surface area (Å²) >= 11 is 3.52. The number of aromatic nitrogens is 1. The van der Waals surface area contributed by atoms with E-state index < -0.39 is 0 Å². The number of fused-ring (bicyclic) bond motifs is 1. The molecule has 1 aliphatic heterocycles. The molecule has 4 rings (SSSR count). The first-order valence-electron chi connectivity index (χ1n) is 9.17. The zero-order valence-corrected chi connectivity index (χ0v) is 16.2. The van der Waals surface area contributed by atoms with Gasteiger partial charge in [0.25, 0.3) is 5.91 Å². The molecule has 0 unspecified atom stereocenters. The smallest absolute Gasteiger partial charge is 0.254 e. The van der Waals surface area contributed by atoms with E-state index in [4.69, 9.17) is 4.98 Å². The van der Waals surface area contributed by atoms with Crippen LogP contribution in [0.2, 0.25) is 0 Å². The van der Waals surface area contributed by atoms with Gasteiger partial charge in [0.15, 0.2) is 0 Å². The molecule has 2 aromatic carbocycles. The fourth-order valence-corrected chi connectivity index (χ4v) is 3.99. The number of benzene rings is 2.